The molecule has 0 spiro atoms. The Morgan fingerprint density at radius 1 is 1.86 bits per heavy atom. The van der Waals surface area contributed by atoms with Crippen molar-refractivity contribution in [3.63, 3.8) is 0 Å². The molecule has 0 saturated heterocycles. The first-order valence-corrected chi connectivity index (χ1v) is 2.17. The third-order valence-corrected chi connectivity index (χ3v) is 0.457. The molecule has 0 aromatic carbocycles. The molecule has 0 aliphatic carbocycles. The SMILES string of the molecule is CNCOC(C)F. The van der Waals surface area contributed by atoms with Gasteiger partial charge in [-0.3, -0.25) is 5.32 Å². The van der Waals surface area contributed by atoms with Crippen molar-refractivity contribution in [2.45, 2.75) is 13.3 Å². The first-order chi connectivity index (χ1) is 3.27. The van der Waals surface area contributed by atoms with Gasteiger partial charge in [0, 0.05) is 0 Å². The molecule has 2 nitrogen and oxygen atoms in total. The van der Waals surface area contributed by atoms with Gasteiger partial charge in [0.25, 0.3) is 0 Å². The average molecular weight is 107 g/mol. The van der Waals surface area contributed by atoms with Crippen molar-refractivity contribution >= 4 is 0 Å². The van der Waals surface area contributed by atoms with Crippen LogP contribution in [0.25, 0.3) is 0 Å². The molecule has 1 unspecified atom stereocenters. The first-order valence-electron chi connectivity index (χ1n) is 2.17. The molecule has 3 heteroatoms. The minimum Gasteiger partial charge on any atom is -0.333 e. The number of rotatable bonds is 3. The number of ether oxygens (including phenoxy) is 1. The van der Waals surface area contributed by atoms with Gasteiger partial charge in [0.05, 0.1) is 6.73 Å². The van der Waals surface area contributed by atoms with Gasteiger partial charge >= 0.3 is 0 Å². The second-order valence-electron chi connectivity index (χ2n) is 1.21. The van der Waals surface area contributed by atoms with Crippen LogP contribution in [-0.2, 0) is 4.74 Å². The maximum atomic E-state index is 11.6. The normalized spacial score (nSPS) is 14.1. The molecule has 0 fully saturated rings. The van der Waals surface area contributed by atoms with Gasteiger partial charge in [-0.15, -0.1) is 0 Å². The van der Waals surface area contributed by atoms with Crippen molar-refractivity contribution in [2.75, 3.05) is 13.8 Å². The first kappa shape index (κ1) is 6.85. The summed E-state index contributed by atoms with van der Waals surface area (Å²) in [5.74, 6) is 0. The highest BCUT2D eigenvalue weighted by molar-refractivity contribution is 4.22. The molecular weight excluding hydrogens is 97.0 g/mol. The van der Waals surface area contributed by atoms with Gasteiger partial charge in [-0.25, -0.2) is 4.39 Å². The zero-order valence-corrected chi connectivity index (χ0v) is 4.57. The van der Waals surface area contributed by atoms with Crippen molar-refractivity contribution in [1.29, 1.82) is 0 Å². The fourth-order valence-electron chi connectivity index (χ4n) is 0.198. The summed E-state index contributed by atoms with van der Waals surface area (Å²) in [5.41, 5.74) is 0. The lowest BCUT2D eigenvalue weighted by atomic mass is 10.8. The Morgan fingerprint density at radius 2 is 2.43 bits per heavy atom. The van der Waals surface area contributed by atoms with E-state index in [1.54, 1.807) is 7.05 Å². The number of nitrogens with one attached hydrogen (secondary N) is 1. The van der Waals surface area contributed by atoms with E-state index in [1.165, 1.54) is 6.92 Å². The van der Waals surface area contributed by atoms with Crippen molar-refractivity contribution in [3.8, 4) is 0 Å². The third kappa shape index (κ3) is 5.85. The highest BCUT2D eigenvalue weighted by atomic mass is 19.1. The minimum absolute atomic E-state index is 0.275. The number of halogens is 1. The maximum Gasteiger partial charge on any atom is 0.197 e. The molecule has 0 aliphatic heterocycles. The predicted octanol–water partition coefficient (Wildman–Crippen LogP) is 0.495. The maximum absolute atomic E-state index is 11.6. The van der Waals surface area contributed by atoms with E-state index in [0.717, 1.165) is 0 Å². The largest absolute Gasteiger partial charge is 0.333 e. The number of hydrogen-bond donors (Lipinski definition) is 1. The summed E-state index contributed by atoms with van der Waals surface area (Å²) in [5, 5.41) is 2.64. The van der Waals surface area contributed by atoms with E-state index >= 15 is 0 Å². The molecular formula is C4H10FNO. The van der Waals surface area contributed by atoms with Crippen LogP contribution in [0.3, 0.4) is 0 Å². The fourth-order valence-corrected chi connectivity index (χ4v) is 0.198. The zero-order valence-electron chi connectivity index (χ0n) is 4.57. The van der Waals surface area contributed by atoms with Crippen molar-refractivity contribution in [1.82, 2.24) is 5.32 Å². The lowest BCUT2D eigenvalue weighted by molar-refractivity contribution is -0.0306. The van der Waals surface area contributed by atoms with Crippen LogP contribution in [0, 0.1) is 0 Å². The van der Waals surface area contributed by atoms with E-state index in [4.69, 9.17) is 0 Å². The molecule has 0 radical (unpaired) electrons. The van der Waals surface area contributed by atoms with Crippen LogP contribution in [0.4, 0.5) is 4.39 Å². The Kier molecular flexibility index (Phi) is 3.93. The summed E-state index contributed by atoms with van der Waals surface area (Å²) in [6.07, 6.45) is -1.16. The second-order valence-corrected chi connectivity index (χ2v) is 1.21. The van der Waals surface area contributed by atoms with Crippen LogP contribution in [0.2, 0.25) is 0 Å². The Labute approximate surface area is 42.7 Å². The van der Waals surface area contributed by atoms with Crippen molar-refractivity contribution < 1.29 is 9.13 Å². The van der Waals surface area contributed by atoms with E-state index in [0.29, 0.717) is 0 Å². The Morgan fingerprint density at radius 3 is 2.57 bits per heavy atom. The van der Waals surface area contributed by atoms with Crippen LogP contribution in [0.5, 0.6) is 0 Å². The number of alkyl halides is 1. The van der Waals surface area contributed by atoms with E-state index in [1.807, 2.05) is 0 Å². The van der Waals surface area contributed by atoms with Gasteiger partial charge in [-0.05, 0) is 14.0 Å². The lowest BCUT2D eigenvalue weighted by Crippen LogP contribution is -2.14. The van der Waals surface area contributed by atoms with Gasteiger partial charge in [-0.2, -0.15) is 0 Å². The van der Waals surface area contributed by atoms with Crippen LogP contribution in [-0.4, -0.2) is 20.1 Å². The monoisotopic (exact) mass is 107 g/mol. The molecule has 0 bridgehead atoms. The van der Waals surface area contributed by atoms with Gasteiger partial charge in [0.2, 0.25) is 0 Å². The summed E-state index contributed by atoms with van der Waals surface area (Å²) in [6.45, 7) is 1.62. The molecule has 0 aromatic heterocycles. The third-order valence-electron chi connectivity index (χ3n) is 0.457. The topological polar surface area (TPSA) is 21.3 Å². The molecule has 0 heterocycles. The number of hydrogen-bond acceptors (Lipinski definition) is 2. The molecule has 0 aliphatic rings. The second kappa shape index (κ2) is 4.02. The van der Waals surface area contributed by atoms with Crippen LogP contribution in [0.15, 0.2) is 0 Å². The molecule has 0 saturated carbocycles. The Balaban J connectivity index is 2.68. The van der Waals surface area contributed by atoms with E-state index in [9.17, 15) is 4.39 Å². The average Bonchev–Trinajstić information content (AvgIpc) is 1.61. The van der Waals surface area contributed by atoms with E-state index in [-0.39, 0.29) is 6.73 Å². The molecule has 0 aromatic rings. The van der Waals surface area contributed by atoms with Crippen LogP contribution < -0.4 is 5.32 Å². The highest BCUT2D eigenvalue weighted by Crippen LogP contribution is 1.86. The summed E-state index contributed by atoms with van der Waals surface area (Å²) in [6, 6.07) is 0. The fraction of sp³-hybridized carbons (Fsp3) is 1.00. The minimum atomic E-state index is -1.16. The van der Waals surface area contributed by atoms with Crippen LogP contribution in [0.1, 0.15) is 6.92 Å². The van der Waals surface area contributed by atoms with Gasteiger partial charge in [0.1, 0.15) is 0 Å². The summed E-state index contributed by atoms with van der Waals surface area (Å²) in [4.78, 5) is 0. The standard InChI is InChI=1S/C4H10FNO/c1-4(5)7-3-6-2/h4,6H,3H2,1-2H3. The van der Waals surface area contributed by atoms with Crippen LogP contribution >= 0.6 is 0 Å². The smallest absolute Gasteiger partial charge is 0.197 e. The quantitative estimate of drug-likeness (QED) is 0.530. The van der Waals surface area contributed by atoms with Gasteiger partial charge < -0.3 is 4.74 Å². The highest BCUT2D eigenvalue weighted by Gasteiger charge is 1.91. The van der Waals surface area contributed by atoms with E-state index < -0.39 is 6.36 Å². The molecule has 0 rings (SSSR count). The predicted molar refractivity (Wildman–Crippen MR) is 25.6 cm³/mol. The Hall–Kier alpha value is -0.150. The summed E-state index contributed by atoms with van der Waals surface area (Å²) in [7, 11) is 1.70. The molecule has 1 N–H and O–H groups in total. The Bertz CT molecular complexity index is 40.7. The molecule has 44 valence electrons. The summed E-state index contributed by atoms with van der Waals surface area (Å²) >= 11 is 0. The van der Waals surface area contributed by atoms with Gasteiger partial charge in [0.15, 0.2) is 6.36 Å². The van der Waals surface area contributed by atoms with Gasteiger partial charge in [-0.1, -0.05) is 0 Å². The zero-order chi connectivity index (χ0) is 5.70. The lowest BCUT2D eigenvalue weighted by Gasteiger charge is -2.00. The summed E-state index contributed by atoms with van der Waals surface area (Å²) < 4.78 is 16.0. The van der Waals surface area contributed by atoms with Crippen molar-refractivity contribution in [2.24, 2.45) is 0 Å². The van der Waals surface area contributed by atoms with Crippen molar-refractivity contribution in [3.05, 3.63) is 0 Å². The molecule has 1 atom stereocenters. The molecule has 7 heavy (non-hydrogen) atoms. The van der Waals surface area contributed by atoms with E-state index in [2.05, 4.69) is 10.1 Å². The molecule has 0 amide bonds.